The van der Waals surface area contributed by atoms with Crippen molar-refractivity contribution in [1.29, 1.82) is 0 Å². The lowest BCUT2D eigenvalue weighted by Gasteiger charge is -2.07. The number of hydrogen-bond donors (Lipinski definition) is 2. The van der Waals surface area contributed by atoms with Gasteiger partial charge in [0, 0.05) is 31.6 Å². The maximum absolute atomic E-state index is 5.29. The van der Waals surface area contributed by atoms with E-state index in [2.05, 4.69) is 30.6 Å². The van der Waals surface area contributed by atoms with Crippen LogP contribution in [0.3, 0.4) is 0 Å². The molecule has 0 amide bonds. The quantitative estimate of drug-likeness (QED) is 0.793. The Kier molecular flexibility index (Phi) is 4.85. The molecule has 0 unspecified atom stereocenters. The monoisotopic (exact) mass is 280 g/mol. The van der Waals surface area contributed by atoms with Crippen LogP contribution in [0.4, 0.5) is 11.9 Å². The van der Waals surface area contributed by atoms with Gasteiger partial charge >= 0.3 is 6.01 Å². The van der Waals surface area contributed by atoms with Crippen molar-refractivity contribution in [1.82, 2.24) is 19.9 Å². The van der Waals surface area contributed by atoms with E-state index in [9.17, 15) is 0 Å². The summed E-state index contributed by atoms with van der Waals surface area (Å²) in [6.45, 7) is 3.12. The van der Waals surface area contributed by atoms with E-state index < -0.39 is 0 Å². The molecule has 8 heteroatoms. The average molecular weight is 280 g/mol. The van der Waals surface area contributed by atoms with Crippen LogP contribution < -0.4 is 15.4 Å². The van der Waals surface area contributed by atoms with Gasteiger partial charge in [-0.1, -0.05) is 0 Å². The molecule has 2 rings (SSSR count). The maximum atomic E-state index is 5.29. The zero-order chi connectivity index (χ0) is 13.5. The lowest BCUT2D eigenvalue weighted by molar-refractivity contribution is 0.312. The number of rotatable bonds is 7. The van der Waals surface area contributed by atoms with Crippen molar-refractivity contribution in [3.63, 3.8) is 0 Å². The van der Waals surface area contributed by atoms with Crippen molar-refractivity contribution in [2.75, 3.05) is 30.8 Å². The summed E-state index contributed by atoms with van der Waals surface area (Å²) in [7, 11) is 1.75. The molecule has 0 aliphatic heterocycles. The number of nitrogens with one attached hydrogen (secondary N) is 2. The van der Waals surface area contributed by atoms with Gasteiger partial charge in [-0.2, -0.15) is 15.0 Å². The predicted molar refractivity (Wildman–Crippen MR) is 74.9 cm³/mol. The molecule has 0 aliphatic carbocycles. The van der Waals surface area contributed by atoms with Crippen LogP contribution in [0.5, 0.6) is 6.01 Å². The molecule has 102 valence electrons. The third-order valence-electron chi connectivity index (χ3n) is 2.22. The fourth-order valence-corrected chi connectivity index (χ4v) is 2.02. The molecule has 2 N–H and O–H groups in total. The molecule has 0 atom stereocenters. The molecule has 0 saturated carbocycles. The minimum atomic E-state index is 0.318. The third kappa shape index (κ3) is 4.02. The lowest BCUT2D eigenvalue weighted by Crippen LogP contribution is -2.11. The van der Waals surface area contributed by atoms with Gasteiger partial charge in [0.1, 0.15) is 0 Å². The molecule has 0 saturated heterocycles. The SMILES string of the molecule is CCOc1nc(NC)nc(NCCc2nccs2)n1. The van der Waals surface area contributed by atoms with Gasteiger partial charge < -0.3 is 15.4 Å². The largest absolute Gasteiger partial charge is 0.464 e. The molecule has 0 spiro atoms. The van der Waals surface area contributed by atoms with Crippen LogP contribution in [0.25, 0.3) is 0 Å². The lowest BCUT2D eigenvalue weighted by atomic mass is 10.4. The van der Waals surface area contributed by atoms with Crippen LogP contribution in [0.2, 0.25) is 0 Å². The van der Waals surface area contributed by atoms with Crippen molar-refractivity contribution in [3.8, 4) is 6.01 Å². The second kappa shape index (κ2) is 6.83. The highest BCUT2D eigenvalue weighted by Gasteiger charge is 2.06. The summed E-state index contributed by atoms with van der Waals surface area (Å²) in [6, 6.07) is 0.318. The van der Waals surface area contributed by atoms with Gasteiger partial charge in [-0.3, -0.25) is 0 Å². The summed E-state index contributed by atoms with van der Waals surface area (Å²) >= 11 is 1.64. The van der Waals surface area contributed by atoms with Crippen LogP contribution in [0.1, 0.15) is 11.9 Å². The van der Waals surface area contributed by atoms with E-state index in [0.717, 1.165) is 11.4 Å². The Hall–Kier alpha value is -1.96. The van der Waals surface area contributed by atoms with Gasteiger partial charge in [0.15, 0.2) is 0 Å². The second-order valence-electron chi connectivity index (χ2n) is 3.55. The van der Waals surface area contributed by atoms with Gasteiger partial charge in [-0.05, 0) is 6.92 Å². The van der Waals surface area contributed by atoms with E-state index in [0.29, 0.717) is 31.1 Å². The van der Waals surface area contributed by atoms with E-state index >= 15 is 0 Å². The van der Waals surface area contributed by atoms with Crippen LogP contribution in [0, 0.1) is 0 Å². The van der Waals surface area contributed by atoms with E-state index in [1.165, 1.54) is 0 Å². The Morgan fingerprint density at radius 1 is 1.26 bits per heavy atom. The molecule has 2 aromatic heterocycles. The highest BCUT2D eigenvalue weighted by Crippen LogP contribution is 2.11. The number of nitrogens with zero attached hydrogens (tertiary/aromatic N) is 4. The van der Waals surface area contributed by atoms with Crippen LogP contribution >= 0.6 is 11.3 Å². The molecule has 2 aromatic rings. The molecule has 0 aliphatic rings. The van der Waals surface area contributed by atoms with Gasteiger partial charge in [0.2, 0.25) is 11.9 Å². The molecule has 7 nitrogen and oxygen atoms in total. The van der Waals surface area contributed by atoms with Crippen molar-refractivity contribution in [2.45, 2.75) is 13.3 Å². The minimum absolute atomic E-state index is 0.318. The van der Waals surface area contributed by atoms with Crippen molar-refractivity contribution < 1.29 is 4.74 Å². The van der Waals surface area contributed by atoms with Gasteiger partial charge in [-0.25, -0.2) is 4.98 Å². The van der Waals surface area contributed by atoms with Crippen molar-refractivity contribution in [2.24, 2.45) is 0 Å². The summed E-state index contributed by atoms with van der Waals surface area (Å²) in [5.41, 5.74) is 0. The molecule has 2 heterocycles. The van der Waals surface area contributed by atoms with Gasteiger partial charge in [-0.15, -0.1) is 11.3 Å². The van der Waals surface area contributed by atoms with Gasteiger partial charge in [0.05, 0.1) is 11.6 Å². The van der Waals surface area contributed by atoms with Crippen molar-refractivity contribution in [3.05, 3.63) is 16.6 Å². The summed E-state index contributed by atoms with van der Waals surface area (Å²) < 4.78 is 5.29. The Morgan fingerprint density at radius 3 is 2.79 bits per heavy atom. The number of aromatic nitrogens is 4. The molecule has 0 fully saturated rings. The summed E-state index contributed by atoms with van der Waals surface area (Å²) in [6.07, 6.45) is 2.64. The van der Waals surface area contributed by atoms with E-state index in [1.54, 1.807) is 24.6 Å². The highest BCUT2D eigenvalue weighted by atomic mass is 32.1. The van der Waals surface area contributed by atoms with E-state index in [-0.39, 0.29) is 0 Å². The highest BCUT2D eigenvalue weighted by molar-refractivity contribution is 7.09. The zero-order valence-corrected chi connectivity index (χ0v) is 11.7. The molecule has 0 aromatic carbocycles. The average Bonchev–Trinajstić information content (AvgIpc) is 2.92. The minimum Gasteiger partial charge on any atom is -0.464 e. The first-order chi connectivity index (χ1) is 9.31. The topological polar surface area (TPSA) is 84.9 Å². The number of ether oxygens (including phenoxy) is 1. The number of hydrogen-bond acceptors (Lipinski definition) is 8. The third-order valence-corrected chi connectivity index (χ3v) is 3.06. The first kappa shape index (κ1) is 13.5. The number of anilines is 2. The smallest absolute Gasteiger partial charge is 0.323 e. The Balaban J connectivity index is 1.96. The molecular weight excluding hydrogens is 264 g/mol. The van der Waals surface area contributed by atoms with Crippen molar-refractivity contribution >= 4 is 23.2 Å². The first-order valence-electron chi connectivity index (χ1n) is 6.00. The summed E-state index contributed by atoms with van der Waals surface area (Å²) in [5.74, 6) is 0.981. The Bertz CT molecular complexity index is 504. The zero-order valence-electron chi connectivity index (χ0n) is 10.9. The fraction of sp³-hybridized carbons (Fsp3) is 0.455. The van der Waals surface area contributed by atoms with E-state index in [4.69, 9.17) is 4.74 Å². The molecule has 0 radical (unpaired) electrons. The normalized spacial score (nSPS) is 10.2. The molecular formula is C11H16N6OS. The fourth-order valence-electron chi connectivity index (χ4n) is 1.40. The predicted octanol–water partition coefficient (Wildman–Crippen LogP) is 1.42. The summed E-state index contributed by atoms with van der Waals surface area (Å²) in [4.78, 5) is 16.7. The Morgan fingerprint density at radius 2 is 2.11 bits per heavy atom. The van der Waals surface area contributed by atoms with Crippen LogP contribution in [0.15, 0.2) is 11.6 Å². The Labute approximate surface area is 115 Å². The first-order valence-corrected chi connectivity index (χ1v) is 6.88. The van der Waals surface area contributed by atoms with Crippen LogP contribution in [-0.4, -0.2) is 40.1 Å². The van der Waals surface area contributed by atoms with Gasteiger partial charge in [0.25, 0.3) is 0 Å². The molecule has 19 heavy (non-hydrogen) atoms. The maximum Gasteiger partial charge on any atom is 0.323 e. The van der Waals surface area contributed by atoms with E-state index in [1.807, 2.05) is 12.3 Å². The standard InChI is InChI=1S/C11H16N6OS/c1-3-18-11-16-9(12-2)15-10(17-11)14-5-4-8-13-6-7-19-8/h6-7H,3-5H2,1-2H3,(H2,12,14,15,16,17). The molecule has 0 bridgehead atoms. The second-order valence-corrected chi connectivity index (χ2v) is 4.53. The summed E-state index contributed by atoms with van der Waals surface area (Å²) in [5, 5.41) is 9.07. The van der Waals surface area contributed by atoms with Crippen LogP contribution in [-0.2, 0) is 6.42 Å². The number of thiazole rings is 1.